The Kier molecular flexibility index (Phi) is 3.04. The summed E-state index contributed by atoms with van der Waals surface area (Å²) in [4.78, 5) is 0. The summed E-state index contributed by atoms with van der Waals surface area (Å²) in [7, 11) is 0. The SMILES string of the molecule is Oc1[c-]cc(O)c(O)c1O.[Cu+]. The second-order valence-electron chi connectivity index (χ2n) is 1.72. The predicted molar refractivity (Wildman–Crippen MR) is 31.9 cm³/mol. The van der Waals surface area contributed by atoms with Gasteiger partial charge in [-0.05, 0) is 0 Å². The summed E-state index contributed by atoms with van der Waals surface area (Å²) >= 11 is 0. The van der Waals surface area contributed by atoms with Crippen LogP contribution in [0.5, 0.6) is 23.0 Å². The van der Waals surface area contributed by atoms with Gasteiger partial charge < -0.3 is 20.4 Å². The van der Waals surface area contributed by atoms with Crippen molar-refractivity contribution in [2.45, 2.75) is 0 Å². The summed E-state index contributed by atoms with van der Waals surface area (Å²) in [5, 5.41) is 34.7. The van der Waals surface area contributed by atoms with E-state index in [1.807, 2.05) is 0 Å². The maximum atomic E-state index is 8.71. The number of hydrogen-bond donors (Lipinski definition) is 4. The summed E-state index contributed by atoms with van der Waals surface area (Å²) in [5.41, 5.74) is 0. The van der Waals surface area contributed by atoms with E-state index in [9.17, 15) is 0 Å². The molecule has 4 N–H and O–H groups in total. The third-order valence-corrected chi connectivity index (χ3v) is 1.04. The van der Waals surface area contributed by atoms with Crippen molar-refractivity contribution in [1.29, 1.82) is 0 Å². The fourth-order valence-corrected chi connectivity index (χ4v) is 0.507. The van der Waals surface area contributed by atoms with Gasteiger partial charge in [-0.25, -0.2) is 0 Å². The van der Waals surface area contributed by atoms with Gasteiger partial charge in [0.25, 0.3) is 0 Å². The first kappa shape index (κ1) is 9.94. The van der Waals surface area contributed by atoms with Crippen LogP contribution in [-0.4, -0.2) is 20.4 Å². The molecule has 0 atom stereocenters. The smallest absolute Gasteiger partial charge is 0.562 e. The Morgan fingerprint density at radius 1 is 1.00 bits per heavy atom. The Bertz CT molecular complexity index is 234. The van der Waals surface area contributed by atoms with E-state index in [1.54, 1.807) is 0 Å². The molecule has 0 saturated carbocycles. The summed E-state index contributed by atoms with van der Waals surface area (Å²) < 4.78 is 0. The van der Waals surface area contributed by atoms with Gasteiger partial charge in [0.05, 0.1) is 11.5 Å². The summed E-state index contributed by atoms with van der Waals surface area (Å²) in [6.07, 6.45) is 0. The second kappa shape index (κ2) is 3.37. The molecular weight excluding hydrogens is 200 g/mol. The Labute approximate surface area is 73.2 Å². The van der Waals surface area contributed by atoms with E-state index >= 15 is 0 Å². The van der Waals surface area contributed by atoms with E-state index in [4.69, 9.17) is 20.4 Å². The molecule has 0 radical (unpaired) electrons. The Morgan fingerprint density at radius 2 is 1.55 bits per heavy atom. The van der Waals surface area contributed by atoms with E-state index in [1.165, 1.54) is 0 Å². The first-order chi connectivity index (χ1) is 4.63. The molecular formula is C6H5CuO4. The normalized spacial score (nSPS) is 8.73. The van der Waals surface area contributed by atoms with Gasteiger partial charge in [-0.2, -0.15) is 0 Å². The third kappa shape index (κ3) is 1.69. The zero-order valence-corrected chi connectivity index (χ0v) is 6.11. The molecule has 0 aliphatic carbocycles. The number of phenols is 4. The van der Waals surface area contributed by atoms with Crippen LogP contribution in [-0.2, 0) is 17.1 Å². The van der Waals surface area contributed by atoms with Crippen molar-refractivity contribution in [3.63, 3.8) is 0 Å². The van der Waals surface area contributed by atoms with Gasteiger partial charge >= 0.3 is 17.1 Å². The van der Waals surface area contributed by atoms with Crippen LogP contribution in [0.25, 0.3) is 0 Å². The maximum Gasteiger partial charge on any atom is 1.00 e. The number of phenolic OH excluding ortho intramolecular Hbond substituents is 4. The predicted octanol–water partition coefficient (Wildman–Crippen LogP) is 0.307. The van der Waals surface area contributed by atoms with Crippen LogP contribution in [0.2, 0.25) is 0 Å². The van der Waals surface area contributed by atoms with Crippen LogP contribution in [0.4, 0.5) is 0 Å². The average molecular weight is 205 g/mol. The molecule has 0 spiro atoms. The van der Waals surface area contributed by atoms with Crippen molar-refractivity contribution in [1.82, 2.24) is 0 Å². The first-order valence-corrected chi connectivity index (χ1v) is 2.47. The Hall–Kier alpha value is -1.06. The van der Waals surface area contributed by atoms with Crippen molar-refractivity contribution in [2.24, 2.45) is 0 Å². The van der Waals surface area contributed by atoms with E-state index in [2.05, 4.69) is 6.07 Å². The maximum absolute atomic E-state index is 8.71. The largest absolute Gasteiger partial charge is 1.00 e. The third-order valence-electron chi connectivity index (χ3n) is 1.04. The average Bonchev–Trinajstić information content (AvgIpc) is 1.93. The molecule has 1 rings (SSSR count). The first-order valence-electron chi connectivity index (χ1n) is 2.47. The molecule has 0 saturated heterocycles. The number of benzene rings is 1. The standard InChI is InChI=1S/C6H5O4.Cu/c7-3-1-2-4(8)6(10)5(3)9;/h1,7-10H;/q-1;+1. The quantitative estimate of drug-likeness (QED) is 0.212. The van der Waals surface area contributed by atoms with Crippen LogP contribution < -0.4 is 0 Å². The van der Waals surface area contributed by atoms with Gasteiger partial charge in [-0.1, -0.05) is 0 Å². The van der Waals surface area contributed by atoms with Crippen LogP contribution >= 0.6 is 0 Å². The van der Waals surface area contributed by atoms with Gasteiger partial charge in [0.2, 0.25) is 0 Å². The molecule has 64 valence electrons. The van der Waals surface area contributed by atoms with Gasteiger partial charge in [-0.3, -0.25) is 0 Å². The molecule has 11 heavy (non-hydrogen) atoms. The number of rotatable bonds is 0. The molecule has 0 fully saturated rings. The van der Waals surface area contributed by atoms with Crippen LogP contribution in [0.15, 0.2) is 6.07 Å². The van der Waals surface area contributed by atoms with Gasteiger partial charge in [0.1, 0.15) is 0 Å². The second-order valence-corrected chi connectivity index (χ2v) is 1.72. The minimum Gasteiger partial charge on any atom is -0.562 e. The molecule has 0 bridgehead atoms. The monoisotopic (exact) mass is 204 g/mol. The van der Waals surface area contributed by atoms with E-state index < -0.39 is 23.0 Å². The van der Waals surface area contributed by atoms with Crippen molar-refractivity contribution >= 4 is 0 Å². The topological polar surface area (TPSA) is 80.9 Å². The van der Waals surface area contributed by atoms with Crippen molar-refractivity contribution in [3.05, 3.63) is 12.1 Å². The van der Waals surface area contributed by atoms with Crippen LogP contribution in [0.1, 0.15) is 0 Å². The van der Waals surface area contributed by atoms with E-state index in [0.717, 1.165) is 6.07 Å². The molecule has 0 aliphatic heterocycles. The summed E-state index contributed by atoms with van der Waals surface area (Å²) in [6, 6.07) is 3.05. The van der Waals surface area contributed by atoms with Crippen molar-refractivity contribution in [3.8, 4) is 23.0 Å². The van der Waals surface area contributed by atoms with Gasteiger partial charge in [0.15, 0.2) is 0 Å². The van der Waals surface area contributed by atoms with Gasteiger partial charge in [-0.15, -0.1) is 12.1 Å². The minimum atomic E-state index is -0.764. The summed E-state index contributed by atoms with van der Waals surface area (Å²) in [6.45, 7) is 0. The zero-order valence-electron chi connectivity index (χ0n) is 5.17. The Morgan fingerprint density at radius 3 is 2.00 bits per heavy atom. The molecule has 4 nitrogen and oxygen atoms in total. The van der Waals surface area contributed by atoms with Gasteiger partial charge in [0, 0.05) is 11.5 Å². The van der Waals surface area contributed by atoms with Crippen molar-refractivity contribution in [2.75, 3.05) is 0 Å². The molecule has 0 aliphatic rings. The number of aromatic hydroxyl groups is 4. The van der Waals surface area contributed by atoms with E-state index in [-0.39, 0.29) is 17.1 Å². The van der Waals surface area contributed by atoms with Crippen LogP contribution in [0.3, 0.4) is 0 Å². The zero-order chi connectivity index (χ0) is 7.72. The fourth-order valence-electron chi connectivity index (χ4n) is 0.507. The molecule has 5 heteroatoms. The van der Waals surface area contributed by atoms with Crippen LogP contribution in [0, 0.1) is 6.07 Å². The van der Waals surface area contributed by atoms with E-state index in [0.29, 0.717) is 0 Å². The molecule has 0 amide bonds. The molecule has 1 aromatic rings. The minimum absolute atomic E-state index is 0. The molecule has 1 aromatic carbocycles. The molecule has 0 aromatic heterocycles. The summed E-state index contributed by atoms with van der Waals surface area (Å²) in [5.74, 6) is -2.61. The van der Waals surface area contributed by atoms with Crippen molar-refractivity contribution < 1.29 is 37.5 Å². The fraction of sp³-hybridized carbons (Fsp3) is 0. The molecule has 0 unspecified atom stereocenters. The number of hydrogen-bond acceptors (Lipinski definition) is 4. The Balaban J connectivity index is 0.000001000. The molecule has 0 heterocycles.